The van der Waals surface area contributed by atoms with E-state index in [1.165, 1.54) is 6.21 Å². The summed E-state index contributed by atoms with van der Waals surface area (Å²) in [7, 11) is 0. The third kappa shape index (κ3) is 6.82. The number of benzene rings is 5. The summed E-state index contributed by atoms with van der Waals surface area (Å²) >= 11 is 0. The molecule has 0 bridgehead atoms. The van der Waals surface area contributed by atoms with Gasteiger partial charge in [0.05, 0.1) is 18.4 Å². The second-order valence-corrected chi connectivity index (χ2v) is 9.43. The Kier molecular flexibility index (Phi) is 8.89. The van der Waals surface area contributed by atoms with Crippen LogP contribution < -0.4 is 19.6 Å². The zero-order valence-electron chi connectivity index (χ0n) is 23.3. The molecule has 0 aliphatic rings. The van der Waals surface area contributed by atoms with Crippen molar-refractivity contribution in [3.05, 3.63) is 126 Å². The number of hydrogen-bond donors (Lipinski definition) is 1. The van der Waals surface area contributed by atoms with Crippen molar-refractivity contribution >= 4 is 28.9 Å². The number of fused-ring (bicyclic) bond motifs is 1. The molecule has 42 heavy (non-hydrogen) atoms. The van der Waals surface area contributed by atoms with Crippen LogP contribution in [0.5, 0.6) is 17.2 Å². The largest absolute Gasteiger partial charge is 0.494 e. The first kappa shape index (κ1) is 28.1. The predicted octanol–water partition coefficient (Wildman–Crippen LogP) is 7.04. The van der Waals surface area contributed by atoms with E-state index in [1.54, 1.807) is 37.3 Å². The minimum atomic E-state index is -0.797. The van der Waals surface area contributed by atoms with E-state index < -0.39 is 18.0 Å². The van der Waals surface area contributed by atoms with Gasteiger partial charge in [-0.3, -0.25) is 4.79 Å². The number of ether oxygens (including phenoxy) is 3. The highest BCUT2D eigenvalue weighted by Crippen LogP contribution is 2.28. The van der Waals surface area contributed by atoms with Crippen molar-refractivity contribution in [1.29, 1.82) is 0 Å². The fraction of sp³-hybridized carbons (Fsp3) is 0.114. The molecular formula is C35H30N2O5. The maximum atomic E-state index is 12.9. The van der Waals surface area contributed by atoms with Gasteiger partial charge >= 0.3 is 5.97 Å². The van der Waals surface area contributed by atoms with E-state index in [0.717, 1.165) is 21.9 Å². The highest BCUT2D eigenvalue weighted by molar-refractivity contribution is 6.04. The van der Waals surface area contributed by atoms with Crippen LogP contribution in [0.1, 0.15) is 29.8 Å². The summed E-state index contributed by atoms with van der Waals surface area (Å²) < 4.78 is 17.0. The molecule has 0 saturated carbocycles. The number of amides is 1. The van der Waals surface area contributed by atoms with Crippen LogP contribution in [0, 0.1) is 0 Å². The molecule has 0 fully saturated rings. The van der Waals surface area contributed by atoms with Crippen molar-refractivity contribution in [3.63, 3.8) is 0 Å². The van der Waals surface area contributed by atoms with E-state index in [2.05, 4.69) is 10.5 Å². The van der Waals surface area contributed by atoms with Gasteiger partial charge in [-0.1, -0.05) is 72.8 Å². The van der Waals surface area contributed by atoms with Crippen LogP contribution in [0.3, 0.4) is 0 Å². The monoisotopic (exact) mass is 558 g/mol. The van der Waals surface area contributed by atoms with Gasteiger partial charge in [0.2, 0.25) is 0 Å². The Labute approximate surface area is 244 Å². The Hall–Kier alpha value is -5.43. The molecule has 1 N–H and O–H groups in total. The summed E-state index contributed by atoms with van der Waals surface area (Å²) in [6, 6.07) is 35.5. The average Bonchev–Trinajstić information content (AvgIpc) is 3.03. The molecule has 7 heteroatoms. The number of nitrogens with one attached hydrogen (secondary N) is 1. The molecule has 1 unspecified atom stereocenters. The summed E-state index contributed by atoms with van der Waals surface area (Å²) in [6.45, 7) is 4.08. The fourth-order valence-corrected chi connectivity index (χ4v) is 4.38. The second-order valence-electron chi connectivity index (χ2n) is 9.43. The quantitative estimate of drug-likeness (QED) is 0.0860. The summed E-state index contributed by atoms with van der Waals surface area (Å²) in [5.74, 6) is 0.608. The molecule has 0 heterocycles. The number of rotatable bonds is 10. The lowest BCUT2D eigenvalue weighted by molar-refractivity contribution is -0.127. The number of nitrogens with zero attached hydrogens (tertiary/aromatic N) is 1. The van der Waals surface area contributed by atoms with Gasteiger partial charge in [-0.15, -0.1) is 0 Å². The van der Waals surface area contributed by atoms with Gasteiger partial charge in [0.25, 0.3) is 5.91 Å². The van der Waals surface area contributed by atoms with Crippen molar-refractivity contribution in [2.45, 2.75) is 20.0 Å². The van der Waals surface area contributed by atoms with Gasteiger partial charge < -0.3 is 14.2 Å². The van der Waals surface area contributed by atoms with E-state index in [4.69, 9.17) is 14.2 Å². The number of hydrogen-bond acceptors (Lipinski definition) is 6. The SMILES string of the molecule is CCOc1ccc(C(=O)Oc2ccc3ccccc3c2/C=N/NC(=O)C(C)Oc2ccc(-c3ccccc3)cc2)cc1. The van der Waals surface area contributed by atoms with Gasteiger partial charge in [-0.2, -0.15) is 5.10 Å². The van der Waals surface area contributed by atoms with Crippen molar-refractivity contribution in [1.82, 2.24) is 5.43 Å². The number of hydrazone groups is 1. The fourth-order valence-electron chi connectivity index (χ4n) is 4.38. The molecule has 5 aromatic carbocycles. The molecule has 210 valence electrons. The predicted molar refractivity (Wildman–Crippen MR) is 164 cm³/mol. The van der Waals surface area contributed by atoms with Gasteiger partial charge in [0.1, 0.15) is 17.2 Å². The maximum absolute atomic E-state index is 12.9. The molecule has 1 amide bonds. The summed E-state index contributed by atoms with van der Waals surface area (Å²) in [5.41, 5.74) is 5.62. The van der Waals surface area contributed by atoms with Gasteiger partial charge in [0.15, 0.2) is 6.10 Å². The van der Waals surface area contributed by atoms with Crippen molar-refractivity contribution in [2.75, 3.05) is 6.61 Å². The highest BCUT2D eigenvalue weighted by Gasteiger charge is 2.16. The molecule has 0 radical (unpaired) electrons. The molecule has 0 aliphatic carbocycles. The Bertz CT molecular complexity index is 1700. The van der Waals surface area contributed by atoms with Crippen LogP contribution in [0.4, 0.5) is 0 Å². The number of carbonyl (C=O) groups is 2. The van der Waals surface area contributed by atoms with E-state index in [0.29, 0.717) is 35.0 Å². The lowest BCUT2D eigenvalue weighted by Gasteiger charge is -2.14. The van der Waals surface area contributed by atoms with Crippen molar-refractivity contribution < 1.29 is 23.8 Å². The Balaban J connectivity index is 1.27. The normalized spacial score (nSPS) is 11.7. The van der Waals surface area contributed by atoms with Crippen LogP contribution in [0.15, 0.2) is 120 Å². The van der Waals surface area contributed by atoms with Gasteiger partial charge in [-0.25, -0.2) is 10.2 Å². The van der Waals surface area contributed by atoms with Gasteiger partial charge in [-0.05, 0) is 78.2 Å². The minimum absolute atomic E-state index is 0.313. The lowest BCUT2D eigenvalue weighted by Crippen LogP contribution is -2.33. The van der Waals surface area contributed by atoms with Crippen molar-refractivity contribution in [3.8, 4) is 28.4 Å². The third-order valence-corrected chi connectivity index (χ3v) is 6.55. The van der Waals surface area contributed by atoms with Crippen LogP contribution in [-0.2, 0) is 4.79 Å². The summed E-state index contributed by atoms with van der Waals surface area (Å²) in [4.78, 5) is 25.7. The Morgan fingerprint density at radius 2 is 1.45 bits per heavy atom. The first-order chi connectivity index (χ1) is 20.5. The van der Waals surface area contributed by atoms with Crippen LogP contribution in [0.2, 0.25) is 0 Å². The third-order valence-electron chi connectivity index (χ3n) is 6.55. The maximum Gasteiger partial charge on any atom is 0.343 e. The van der Waals surface area contributed by atoms with E-state index >= 15 is 0 Å². The number of carbonyl (C=O) groups excluding carboxylic acids is 2. The lowest BCUT2D eigenvalue weighted by atomic mass is 10.0. The first-order valence-corrected chi connectivity index (χ1v) is 13.6. The highest BCUT2D eigenvalue weighted by atomic mass is 16.5. The van der Waals surface area contributed by atoms with Gasteiger partial charge in [0, 0.05) is 5.56 Å². The summed E-state index contributed by atoms with van der Waals surface area (Å²) in [6.07, 6.45) is 0.678. The zero-order chi connectivity index (χ0) is 29.3. The van der Waals surface area contributed by atoms with E-state index in [1.807, 2.05) is 91.9 Å². The molecule has 0 spiro atoms. The molecular weight excluding hydrogens is 528 g/mol. The second kappa shape index (κ2) is 13.3. The Morgan fingerprint density at radius 1 is 0.786 bits per heavy atom. The smallest absolute Gasteiger partial charge is 0.343 e. The molecule has 5 aromatic rings. The van der Waals surface area contributed by atoms with Crippen molar-refractivity contribution in [2.24, 2.45) is 5.10 Å². The van der Waals surface area contributed by atoms with Crippen LogP contribution in [-0.4, -0.2) is 30.8 Å². The summed E-state index contributed by atoms with van der Waals surface area (Å²) in [5, 5.41) is 5.92. The molecule has 7 nitrogen and oxygen atoms in total. The molecule has 0 aliphatic heterocycles. The van der Waals surface area contributed by atoms with E-state index in [-0.39, 0.29) is 0 Å². The van der Waals surface area contributed by atoms with E-state index in [9.17, 15) is 9.59 Å². The first-order valence-electron chi connectivity index (χ1n) is 13.6. The average molecular weight is 559 g/mol. The molecule has 1 atom stereocenters. The van der Waals surface area contributed by atoms with Crippen LogP contribution >= 0.6 is 0 Å². The number of esters is 1. The zero-order valence-corrected chi connectivity index (χ0v) is 23.3. The molecule has 0 aromatic heterocycles. The topological polar surface area (TPSA) is 86.2 Å². The Morgan fingerprint density at radius 3 is 2.19 bits per heavy atom. The molecule has 0 saturated heterocycles. The minimum Gasteiger partial charge on any atom is -0.494 e. The van der Waals surface area contributed by atoms with Crippen LogP contribution in [0.25, 0.3) is 21.9 Å². The molecule has 5 rings (SSSR count). The standard InChI is InChI=1S/C35H30N2O5/c1-3-40-29-18-15-28(16-19-29)35(39)42-33-22-17-27-11-7-8-12-31(27)32(33)23-36-37-34(38)24(2)41-30-20-13-26(14-21-30)25-9-5-4-6-10-25/h4-24H,3H2,1-2H3,(H,37,38)/b36-23+.